The summed E-state index contributed by atoms with van der Waals surface area (Å²) in [4.78, 5) is 6.63. The summed E-state index contributed by atoms with van der Waals surface area (Å²) in [5, 5.41) is 11.4. The highest BCUT2D eigenvalue weighted by atomic mass is 127. The average molecular weight is 476 g/mol. The quantitative estimate of drug-likeness (QED) is 0.421. The highest BCUT2D eigenvalue weighted by Crippen LogP contribution is 2.23. The van der Waals surface area contributed by atoms with Gasteiger partial charge in [0.15, 0.2) is 11.8 Å². The molecule has 0 aliphatic carbocycles. The van der Waals surface area contributed by atoms with E-state index in [1.54, 1.807) is 0 Å². The molecule has 0 bridgehead atoms. The van der Waals surface area contributed by atoms with Crippen molar-refractivity contribution in [3.8, 4) is 0 Å². The first-order valence-corrected chi connectivity index (χ1v) is 8.34. The van der Waals surface area contributed by atoms with Gasteiger partial charge in [0.2, 0.25) is 0 Å². The van der Waals surface area contributed by atoms with Gasteiger partial charge >= 0.3 is 0 Å². The number of aliphatic imine (C=N–C) groups is 1. The number of fused-ring (bicyclic) bond motifs is 1. The first kappa shape index (κ1) is 20.5. The highest BCUT2D eigenvalue weighted by molar-refractivity contribution is 14.0. The molecule has 1 aromatic carbocycles. The van der Waals surface area contributed by atoms with E-state index >= 15 is 0 Å². The Hall–Kier alpha value is -1.78. The van der Waals surface area contributed by atoms with Crippen molar-refractivity contribution in [2.45, 2.75) is 33.4 Å². The first-order valence-electron chi connectivity index (χ1n) is 8.34. The maximum Gasteiger partial charge on any atom is 0.194 e. The maximum absolute atomic E-state index is 13.9. The fourth-order valence-corrected chi connectivity index (χ4v) is 2.95. The molecular formula is C17H23F2IN6. The third kappa shape index (κ3) is 4.30. The molecule has 1 aromatic heterocycles. The molecule has 2 heterocycles. The summed E-state index contributed by atoms with van der Waals surface area (Å²) in [6, 6.07) is 2.35. The normalized spacial score (nSPS) is 14.0. The summed E-state index contributed by atoms with van der Waals surface area (Å²) < 4.78 is 29.3. The Labute approximate surface area is 168 Å². The third-order valence-electron chi connectivity index (χ3n) is 4.43. The predicted octanol–water partition coefficient (Wildman–Crippen LogP) is 2.54. The Morgan fingerprint density at radius 2 is 2.08 bits per heavy atom. The van der Waals surface area contributed by atoms with E-state index in [0.717, 1.165) is 17.7 Å². The molecule has 142 valence electrons. The van der Waals surface area contributed by atoms with Gasteiger partial charge in [-0.05, 0) is 37.5 Å². The molecule has 0 saturated heterocycles. The van der Waals surface area contributed by atoms with Crippen LogP contribution in [-0.2, 0) is 26.6 Å². The Kier molecular flexibility index (Phi) is 6.90. The zero-order valence-electron chi connectivity index (χ0n) is 15.1. The lowest BCUT2D eigenvalue weighted by Crippen LogP contribution is -2.44. The molecule has 26 heavy (non-hydrogen) atoms. The van der Waals surface area contributed by atoms with Crippen LogP contribution in [0.5, 0.6) is 0 Å². The largest absolute Gasteiger partial charge is 0.356 e. The number of halogens is 3. The fraction of sp³-hybridized carbons (Fsp3) is 0.471. The van der Waals surface area contributed by atoms with Crippen LogP contribution >= 0.6 is 24.0 Å². The molecule has 1 aliphatic heterocycles. The minimum atomic E-state index is -0.547. The zero-order valence-corrected chi connectivity index (χ0v) is 17.4. The van der Waals surface area contributed by atoms with Crippen molar-refractivity contribution in [1.29, 1.82) is 0 Å². The van der Waals surface area contributed by atoms with Crippen LogP contribution in [0.3, 0.4) is 0 Å². The fourth-order valence-electron chi connectivity index (χ4n) is 2.95. The van der Waals surface area contributed by atoms with Gasteiger partial charge in [-0.2, -0.15) is 0 Å². The molecule has 1 N–H and O–H groups in total. The van der Waals surface area contributed by atoms with Crippen LogP contribution in [0, 0.1) is 18.6 Å². The summed E-state index contributed by atoms with van der Waals surface area (Å²) in [6.07, 6.45) is 0.523. The van der Waals surface area contributed by atoms with Gasteiger partial charge in [-0.1, -0.05) is 0 Å². The summed E-state index contributed by atoms with van der Waals surface area (Å²) in [5.74, 6) is 1.29. The van der Waals surface area contributed by atoms with Gasteiger partial charge in [-0.3, -0.25) is 0 Å². The monoisotopic (exact) mass is 476 g/mol. The maximum atomic E-state index is 13.9. The lowest BCUT2D eigenvalue weighted by molar-refractivity contribution is 0.369. The van der Waals surface area contributed by atoms with Crippen LogP contribution in [0.4, 0.5) is 8.78 Å². The molecule has 0 atom stereocenters. The SMILES string of the molecule is CCNC(=NCc1nnc(C)n1C)N1CCc2c(F)cc(F)cc2C1.I. The number of benzene rings is 1. The van der Waals surface area contributed by atoms with Gasteiger partial charge < -0.3 is 14.8 Å². The number of nitrogens with one attached hydrogen (secondary N) is 1. The number of aromatic nitrogens is 3. The van der Waals surface area contributed by atoms with Gasteiger partial charge in [0.1, 0.15) is 24.0 Å². The number of nitrogens with zero attached hydrogens (tertiary/aromatic N) is 5. The average Bonchev–Trinajstić information content (AvgIpc) is 2.90. The molecule has 0 amide bonds. The lowest BCUT2D eigenvalue weighted by atomic mass is 9.99. The zero-order chi connectivity index (χ0) is 18.0. The Morgan fingerprint density at radius 3 is 2.73 bits per heavy atom. The third-order valence-corrected chi connectivity index (χ3v) is 4.43. The molecule has 3 rings (SSSR count). The van der Waals surface area contributed by atoms with E-state index in [9.17, 15) is 8.78 Å². The molecule has 0 spiro atoms. The van der Waals surface area contributed by atoms with E-state index in [0.29, 0.717) is 49.7 Å². The molecular weight excluding hydrogens is 453 g/mol. The van der Waals surface area contributed by atoms with Gasteiger partial charge in [-0.25, -0.2) is 13.8 Å². The minimum absolute atomic E-state index is 0. The summed E-state index contributed by atoms with van der Waals surface area (Å²) in [7, 11) is 1.90. The van der Waals surface area contributed by atoms with Crippen molar-refractivity contribution in [2.24, 2.45) is 12.0 Å². The summed E-state index contributed by atoms with van der Waals surface area (Å²) in [6.45, 7) is 6.01. The molecule has 0 fully saturated rings. The van der Waals surface area contributed by atoms with E-state index in [4.69, 9.17) is 0 Å². The van der Waals surface area contributed by atoms with Crippen LogP contribution in [-0.4, -0.2) is 38.7 Å². The van der Waals surface area contributed by atoms with E-state index in [1.165, 1.54) is 6.07 Å². The van der Waals surface area contributed by atoms with Crippen molar-refractivity contribution in [3.63, 3.8) is 0 Å². The second kappa shape index (κ2) is 8.74. The minimum Gasteiger partial charge on any atom is -0.356 e. The molecule has 1 aliphatic rings. The van der Waals surface area contributed by atoms with Crippen LogP contribution in [0.2, 0.25) is 0 Å². The first-order chi connectivity index (χ1) is 12.0. The summed E-state index contributed by atoms with van der Waals surface area (Å²) >= 11 is 0. The number of rotatable bonds is 3. The summed E-state index contributed by atoms with van der Waals surface area (Å²) in [5.41, 5.74) is 1.27. The van der Waals surface area contributed by atoms with Crippen molar-refractivity contribution in [1.82, 2.24) is 25.0 Å². The van der Waals surface area contributed by atoms with E-state index in [2.05, 4.69) is 20.5 Å². The van der Waals surface area contributed by atoms with Crippen LogP contribution in [0.1, 0.15) is 29.7 Å². The Balaban J connectivity index is 0.00000243. The lowest BCUT2D eigenvalue weighted by Gasteiger charge is -2.32. The van der Waals surface area contributed by atoms with Crippen LogP contribution < -0.4 is 5.32 Å². The Bertz CT molecular complexity index is 805. The van der Waals surface area contributed by atoms with Gasteiger partial charge in [0.25, 0.3) is 0 Å². The molecule has 6 nitrogen and oxygen atoms in total. The molecule has 0 unspecified atom stereocenters. The van der Waals surface area contributed by atoms with E-state index in [1.807, 2.05) is 30.4 Å². The topological polar surface area (TPSA) is 58.3 Å². The van der Waals surface area contributed by atoms with Crippen molar-refractivity contribution in [3.05, 3.63) is 46.5 Å². The highest BCUT2D eigenvalue weighted by Gasteiger charge is 2.22. The van der Waals surface area contributed by atoms with Crippen molar-refractivity contribution < 1.29 is 8.78 Å². The van der Waals surface area contributed by atoms with Crippen molar-refractivity contribution >= 4 is 29.9 Å². The molecule has 2 aromatic rings. The van der Waals surface area contributed by atoms with Gasteiger partial charge in [0, 0.05) is 32.7 Å². The molecule has 0 saturated carbocycles. The number of hydrogen-bond donors (Lipinski definition) is 1. The molecule has 9 heteroatoms. The smallest absolute Gasteiger partial charge is 0.194 e. The van der Waals surface area contributed by atoms with Gasteiger partial charge in [0.05, 0.1) is 0 Å². The second-order valence-corrected chi connectivity index (χ2v) is 6.09. The van der Waals surface area contributed by atoms with Crippen LogP contribution in [0.15, 0.2) is 17.1 Å². The number of guanidine groups is 1. The second-order valence-electron chi connectivity index (χ2n) is 6.09. The van der Waals surface area contributed by atoms with Gasteiger partial charge in [-0.15, -0.1) is 34.2 Å². The Morgan fingerprint density at radius 1 is 1.31 bits per heavy atom. The standard InChI is InChI=1S/C17H22F2N6.HI/c1-4-20-17(21-9-16-23-22-11(2)24(16)3)25-6-5-14-12(10-25)7-13(18)8-15(14)19;/h7-8H,4-6,9-10H2,1-3H3,(H,20,21);1H. The van der Waals surface area contributed by atoms with Crippen molar-refractivity contribution in [2.75, 3.05) is 13.1 Å². The van der Waals surface area contributed by atoms with E-state index < -0.39 is 11.6 Å². The number of hydrogen-bond acceptors (Lipinski definition) is 3. The van der Waals surface area contributed by atoms with E-state index in [-0.39, 0.29) is 24.0 Å². The molecule has 0 radical (unpaired) electrons. The predicted molar refractivity (Wildman–Crippen MR) is 106 cm³/mol. The van der Waals surface area contributed by atoms with Crippen LogP contribution in [0.25, 0.3) is 0 Å². The number of aryl methyl sites for hydroxylation is 1.